The third-order valence-electron chi connectivity index (χ3n) is 3.09. The van der Waals surface area contributed by atoms with Gasteiger partial charge in [-0.05, 0) is 12.5 Å². The van der Waals surface area contributed by atoms with E-state index < -0.39 is 0 Å². The van der Waals surface area contributed by atoms with Crippen molar-refractivity contribution in [3.8, 4) is 0 Å². The topological polar surface area (TPSA) is 39.9 Å². The summed E-state index contributed by atoms with van der Waals surface area (Å²) in [5, 5.41) is 0. The van der Waals surface area contributed by atoms with E-state index in [9.17, 15) is 0 Å². The largest absolute Gasteiger partial charge is 0.383 e. The van der Waals surface area contributed by atoms with Gasteiger partial charge in [0.15, 0.2) is 0 Å². The number of rotatable bonds is 5. The standard InChI is InChI=1S/C14H21N3O/c1-5-11-13-12(16-14(15-11)10(2)3)6-7-17(13)8-9-18-4/h6-7,10H,5,8-9H2,1-4H3. The molecule has 2 aromatic rings. The van der Waals surface area contributed by atoms with Gasteiger partial charge < -0.3 is 9.30 Å². The van der Waals surface area contributed by atoms with Gasteiger partial charge >= 0.3 is 0 Å². The van der Waals surface area contributed by atoms with Crippen LogP contribution in [0.25, 0.3) is 11.0 Å². The molecule has 0 aliphatic heterocycles. The molecule has 0 aliphatic carbocycles. The molecule has 18 heavy (non-hydrogen) atoms. The monoisotopic (exact) mass is 247 g/mol. The number of hydrogen-bond donors (Lipinski definition) is 0. The fraction of sp³-hybridized carbons (Fsp3) is 0.571. The Labute approximate surface area is 108 Å². The van der Waals surface area contributed by atoms with Crippen LogP contribution in [0, 0.1) is 0 Å². The van der Waals surface area contributed by atoms with E-state index in [1.54, 1.807) is 7.11 Å². The maximum absolute atomic E-state index is 5.14. The van der Waals surface area contributed by atoms with Gasteiger partial charge in [-0.15, -0.1) is 0 Å². The molecule has 0 saturated heterocycles. The van der Waals surface area contributed by atoms with Gasteiger partial charge in [0, 0.05) is 25.8 Å². The molecule has 2 rings (SSSR count). The number of nitrogens with zero attached hydrogens (tertiary/aromatic N) is 3. The molecule has 2 aromatic heterocycles. The molecule has 0 atom stereocenters. The van der Waals surface area contributed by atoms with E-state index in [1.807, 2.05) is 0 Å². The average Bonchev–Trinajstić information content (AvgIpc) is 2.78. The molecule has 0 bridgehead atoms. The van der Waals surface area contributed by atoms with Crippen LogP contribution in [0.5, 0.6) is 0 Å². The van der Waals surface area contributed by atoms with E-state index in [-0.39, 0.29) is 0 Å². The number of ether oxygens (including phenoxy) is 1. The first-order valence-corrected chi connectivity index (χ1v) is 6.52. The quantitative estimate of drug-likeness (QED) is 0.815. The van der Waals surface area contributed by atoms with Gasteiger partial charge in [0.25, 0.3) is 0 Å². The summed E-state index contributed by atoms with van der Waals surface area (Å²) in [4.78, 5) is 9.33. The Morgan fingerprint density at radius 3 is 2.72 bits per heavy atom. The van der Waals surface area contributed by atoms with Crippen molar-refractivity contribution in [2.45, 2.75) is 39.7 Å². The van der Waals surface area contributed by atoms with Crippen molar-refractivity contribution in [1.29, 1.82) is 0 Å². The Bertz CT molecular complexity index is 531. The lowest BCUT2D eigenvalue weighted by molar-refractivity contribution is 0.188. The Kier molecular flexibility index (Phi) is 3.97. The number of methoxy groups -OCH3 is 1. The molecule has 0 aromatic carbocycles. The smallest absolute Gasteiger partial charge is 0.131 e. The van der Waals surface area contributed by atoms with Crippen molar-refractivity contribution < 1.29 is 4.74 Å². The summed E-state index contributed by atoms with van der Waals surface area (Å²) in [6.07, 6.45) is 3.00. The first kappa shape index (κ1) is 13.0. The lowest BCUT2D eigenvalue weighted by Gasteiger charge is -2.10. The molecule has 0 saturated carbocycles. The predicted molar refractivity (Wildman–Crippen MR) is 72.9 cm³/mol. The van der Waals surface area contributed by atoms with Crippen LogP contribution in [0.3, 0.4) is 0 Å². The van der Waals surface area contributed by atoms with Crippen molar-refractivity contribution >= 4 is 11.0 Å². The maximum atomic E-state index is 5.14. The van der Waals surface area contributed by atoms with E-state index in [0.29, 0.717) is 12.5 Å². The Morgan fingerprint density at radius 1 is 1.33 bits per heavy atom. The van der Waals surface area contributed by atoms with Crippen LogP contribution < -0.4 is 0 Å². The van der Waals surface area contributed by atoms with Gasteiger partial charge in [-0.2, -0.15) is 0 Å². The van der Waals surface area contributed by atoms with E-state index in [0.717, 1.165) is 35.5 Å². The number of fused-ring (bicyclic) bond motifs is 1. The van der Waals surface area contributed by atoms with E-state index in [2.05, 4.69) is 47.6 Å². The molecule has 2 heterocycles. The minimum Gasteiger partial charge on any atom is -0.383 e. The highest BCUT2D eigenvalue weighted by Crippen LogP contribution is 2.21. The van der Waals surface area contributed by atoms with Crippen molar-refractivity contribution in [2.24, 2.45) is 0 Å². The number of aryl methyl sites for hydroxylation is 1. The maximum Gasteiger partial charge on any atom is 0.131 e. The normalized spacial score (nSPS) is 11.6. The first-order chi connectivity index (χ1) is 8.67. The van der Waals surface area contributed by atoms with E-state index >= 15 is 0 Å². The predicted octanol–water partition coefficient (Wildman–Crippen LogP) is 2.76. The van der Waals surface area contributed by atoms with Crippen LogP contribution in [0.15, 0.2) is 12.3 Å². The summed E-state index contributed by atoms with van der Waals surface area (Å²) in [5.74, 6) is 1.30. The van der Waals surface area contributed by atoms with Crippen LogP contribution in [0.2, 0.25) is 0 Å². The molecular formula is C14H21N3O. The summed E-state index contributed by atoms with van der Waals surface area (Å²) >= 11 is 0. The fourth-order valence-corrected chi connectivity index (χ4v) is 2.09. The van der Waals surface area contributed by atoms with E-state index in [4.69, 9.17) is 4.74 Å². The third-order valence-corrected chi connectivity index (χ3v) is 3.09. The SMILES string of the molecule is CCc1nc(C(C)C)nc2ccn(CCOC)c12. The molecule has 0 radical (unpaired) electrons. The Balaban J connectivity index is 2.52. The minimum atomic E-state index is 0.363. The summed E-state index contributed by atoms with van der Waals surface area (Å²) in [5.41, 5.74) is 3.32. The highest BCUT2D eigenvalue weighted by Gasteiger charge is 2.12. The van der Waals surface area contributed by atoms with Crippen LogP contribution in [-0.4, -0.2) is 28.3 Å². The highest BCUT2D eigenvalue weighted by molar-refractivity contribution is 5.78. The molecule has 4 heteroatoms. The Hall–Kier alpha value is -1.42. The fourth-order valence-electron chi connectivity index (χ4n) is 2.09. The zero-order valence-electron chi connectivity index (χ0n) is 11.6. The van der Waals surface area contributed by atoms with Gasteiger partial charge in [0.1, 0.15) is 5.82 Å². The van der Waals surface area contributed by atoms with Crippen molar-refractivity contribution in [2.75, 3.05) is 13.7 Å². The molecule has 0 amide bonds. The van der Waals surface area contributed by atoms with Crippen molar-refractivity contribution in [1.82, 2.24) is 14.5 Å². The highest BCUT2D eigenvalue weighted by atomic mass is 16.5. The second-order valence-electron chi connectivity index (χ2n) is 4.77. The molecule has 0 fully saturated rings. The van der Waals surface area contributed by atoms with Gasteiger partial charge in [0.05, 0.1) is 23.3 Å². The van der Waals surface area contributed by atoms with Crippen molar-refractivity contribution in [3.63, 3.8) is 0 Å². The first-order valence-electron chi connectivity index (χ1n) is 6.52. The zero-order chi connectivity index (χ0) is 13.1. The van der Waals surface area contributed by atoms with Crippen molar-refractivity contribution in [3.05, 3.63) is 23.8 Å². The van der Waals surface area contributed by atoms with Gasteiger partial charge in [-0.3, -0.25) is 0 Å². The molecule has 0 aliphatic rings. The summed E-state index contributed by atoms with van der Waals surface area (Å²) < 4.78 is 7.32. The lowest BCUT2D eigenvalue weighted by Crippen LogP contribution is -2.07. The lowest BCUT2D eigenvalue weighted by atomic mass is 10.2. The second-order valence-corrected chi connectivity index (χ2v) is 4.77. The molecule has 0 N–H and O–H groups in total. The summed E-state index contributed by atoms with van der Waals surface area (Å²) in [6, 6.07) is 2.07. The third kappa shape index (κ3) is 2.38. The van der Waals surface area contributed by atoms with Crippen LogP contribution >= 0.6 is 0 Å². The van der Waals surface area contributed by atoms with E-state index in [1.165, 1.54) is 0 Å². The van der Waals surface area contributed by atoms with Gasteiger partial charge in [-0.1, -0.05) is 20.8 Å². The zero-order valence-corrected chi connectivity index (χ0v) is 11.6. The minimum absolute atomic E-state index is 0.363. The van der Waals surface area contributed by atoms with Gasteiger partial charge in [-0.25, -0.2) is 9.97 Å². The molecule has 0 spiro atoms. The van der Waals surface area contributed by atoms with Crippen LogP contribution in [0.4, 0.5) is 0 Å². The number of aromatic nitrogens is 3. The Morgan fingerprint density at radius 2 is 2.11 bits per heavy atom. The molecule has 98 valence electrons. The molecular weight excluding hydrogens is 226 g/mol. The molecule has 0 unspecified atom stereocenters. The average molecular weight is 247 g/mol. The van der Waals surface area contributed by atoms with Gasteiger partial charge in [0.2, 0.25) is 0 Å². The summed E-state index contributed by atoms with van der Waals surface area (Å²) in [7, 11) is 1.72. The molecule has 4 nitrogen and oxygen atoms in total. The van der Waals surface area contributed by atoms with Crippen LogP contribution in [0.1, 0.15) is 38.2 Å². The second kappa shape index (κ2) is 5.48. The number of hydrogen-bond acceptors (Lipinski definition) is 3. The van der Waals surface area contributed by atoms with Crippen LogP contribution in [-0.2, 0) is 17.7 Å². The summed E-state index contributed by atoms with van der Waals surface area (Å²) in [6.45, 7) is 7.95.